The molecule has 14 nitrogen and oxygen atoms in total. The fraction of sp³-hybridized carbons (Fsp3) is 0.333. The molecule has 17 heteroatoms. The largest absolute Gasteiger partial charge is 0.461 e. The van der Waals surface area contributed by atoms with Gasteiger partial charge in [-0.1, -0.05) is 26.8 Å². The number of hydrogen-bond donors (Lipinski definition) is 3. The van der Waals surface area contributed by atoms with Gasteiger partial charge in [-0.05, 0) is 69.7 Å². The molecule has 0 radical (unpaired) electrons. The first-order valence-corrected chi connectivity index (χ1v) is 17.8. The second-order valence-corrected chi connectivity index (χ2v) is 15.3. The first kappa shape index (κ1) is 40.1. The highest BCUT2D eigenvalue weighted by atomic mass is 32.2. The molecule has 0 unspecified atom stereocenters. The Labute approximate surface area is 304 Å². The summed E-state index contributed by atoms with van der Waals surface area (Å²) < 4.78 is 65.9. The number of amides is 2. The molecule has 2 heterocycles. The molecule has 0 saturated carbocycles. The molecule has 0 spiro atoms. The molecule has 0 saturated heterocycles. The topological polar surface area (TPSA) is 188 Å². The number of aromatic nitrogens is 3. The van der Waals surface area contributed by atoms with E-state index in [2.05, 4.69) is 15.6 Å². The molecule has 4 rings (SSSR count). The second-order valence-electron chi connectivity index (χ2n) is 13.6. The summed E-state index contributed by atoms with van der Waals surface area (Å²) in [5, 5.41) is 4.98. The van der Waals surface area contributed by atoms with Gasteiger partial charge in [0.05, 0.1) is 22.3 Å². The van der Waals surface area contributed by atoms with Gasteiger partial charge in [0.1, 0.15) is 23.5 Å². The third-order valence-electron chi connectivity index (χ3n) is 8.12. The summed E-state index contributed by atoms with van der Waals surface area (Å²) >= 11 is 0. The fourth-order valence-corrected chi connectivity index (χ4v) is 5.90. The van der Waals surface area contributed by atoms with E-state index in [0.29, 0.717) is 34.6 Å². The SMILES string of the molecule is Cc1c(C)n(C)c(=O)n(-c2ccc(C[C@H](NC(=O)c3cc(F)c(NS(=O)(=O)c4ccc(NC(=O)C(C)(C)C)cc4)cc3F)C(=O)OC(C)C)cn2)c1=O. The third-order valence-corrected chi connectivity index (χ3v) is 9.50. The van der Waals surface area contributed by atoms with Crippen LogP contribution in [-0.2, 0) is 37.8 Å². The Bertz CT molecular complexity index is 2260. The van der Waals surface area contributed by atoms with Gasteiger partial charge in [-0.2, -0.15) is 0 Å². The van der Waals surface area contributed by atoms with Crippen LogP contribution < -0.4 is 26.6 Å². The summed E-state index contributed by atoms with van der Waals surface area (Å²) in [5.41, 5.74) is -1.97. The summed E-state index contributed by atoms with van der Waals surface area (Å²) in [5.74, 6) is -4.98. The minimum Gasteiger partial charge on any atom is -0.461 e. The number of ether oxygens (including phenoxy) is 1. The zero-order chi connectivity index (χ0) is 39.6. The molecule has 53 heavy (non-hydrogen) atoms. The number of sulfonamides is 1. The first-order chi connectivity index (χ1) is 24.6. The number of benzene rings is 2. The monoisotopic (exact) mass is 754 g/mol. The van der Waals surface area contributed by atoms with Crippen molar-refractivity contribution in [3.63, 3.8) is 0 Å². The van der Waals surface area contributed by atoms with Gasteiger partial charge in [-0.25, -0.2) is 36.3 Å². The van der Waals surface area contributed by atoms with Crippen molar-refractivity contribution in [2.24, 2.45) is 12.5 Å². The molecular formula is C36H40F2N6O8S. The quantitative estimate of drug-likeness (QED) is 0.191. The molecule has 3 N–H and O–H groups in total. The maximum Gasteiger partial charge on any atom is 0.336 e. The van der Waals surface area contributed by atoms with E-state index in [1.165, 1.54) is 54.2 Å². The van der Waals surface area contributed by atoms with Crippen LogP contribution in [-0.4, -0.2) is 52.5 Å². The van der Waals surface area contributed by atoms with Crippen LogP contribution in [0.3, 0.4) is 0 Å². The molecule has 0 bridgehead atoms. The van der Waals surface area contributed by atoms with Crippen molar-refractivity contribution < 1.29 is 36.3 Å². The van der Waals surface area contributed by atoms with E-state index in [-0.39, 0.29) is 23.0 Å². The lowest BCUT2D eigenvalue weighted by Crippen LogP contribution is -2.44. The highest BCUT2D eigenvalue weighted by molar-refractivity contribution is 7.92. The Kier molecular flexibility index (Phi) is 11.7. The van der Waals surface area contributed by atoms with Gasteiger partial charge in [0.25, 0.3) is 21.5 Å². The zero-order valence-corrected chi connectivity index (χ0v) is 31.1. The van der Waals surface area contributed by atoms with Gasteiger partial charge in [0.2, 0.25) is 5.91 Å². The summed E-state index contributed by atoms with van der Waals surface area (Å²) in [4.78, 5) is 68.0. The molecule has 1 atom stereocenters. The molecule has 282 valence electrons. The Morgan fingerprint density at radius 2 is 1.60 bits per heavy atom. The Hall–Kier alpha value is -5.71. The van der Waals surface area contributed by atoms with E-state index < -0.39 is 73.6 Å². The molecule has 0 fully saturated rings. The predicted octanol–water partition coefficient (Wildman–Crippen LogP) is 3.90. The number of halogens is 2. The average molecular weight is 755 g/mol. The average Bonchev–Trinajstić information content (AvgIpc) is 3.07. The number of nitrogens with zero attached hydrogens (tertiary/aromatic N) is 3. The highest BCUT2D eigenvalue weighted by Crippen LogP contribution is 2.25. The smallest absolute Gasteiger partial charge is 0.336 e. The van der Waals surface area contributed by atoms with Crippen LogP contribution in [0.5, 0.6) is 0 Å². The van der Waals surface area contributed by atoms with Crippen molar-refractivity contribution in [3.05, 3.63) is 110 Å². The minimum atomic E-state index is -4.44. The molecule has 2 aromatic carbocycles. The lowest BCUT2D eigenvalue weighted by Gasteiger charge is -2.20. The van der Waals surface area contributed by atoms with Gasteiger partial charge >= 0.3 is 11.7 Å². The van der Waals surface area contributed by atoms with Crippen LogP contribution >= 0.6 is 0 Å². The van der Waals surface area contributed by atoms with Crippen LogP contribution in [0, 0.1) is 30.9 Å². The Morgan fingerprint density at radius 3 is 2.17 bits per heavy atom. The number of pyridine rings is 1. The number of rotatable bonds is 11. The van der Waals surface area contributed by atoms with Crippen molar-refractivity contribution in [2.45, 2.75) is 71.9 Å². The number of carbonyl (C=O) groups excluding carboxylic acids is 3. The first-order valence-electron chi connectivity index (χ1n) is 16.3. The Balaban J connectivity index is 1.54. The standard InChI is InChI=1S/C36H40F2N6O8S/c1-19(2)52-33(47)29(15-22-9-14-30(39-18-22)44-32(46)20(3)21(4)43(8)35(44)49)41-31(45)25-16-27(38)28(17-26(25)37)42-53(50,51)24-12-10-23(11-13-24)40-34(48)36(5,6)7/h9-14,16-19,29,42H,15H2,1-8H3,(H,40,48)(H,41,45)/t29-/m0/s1. The maximum atomic E-state index is 15.3. The predicted molar refractivity (Wildman–Crippen MR) is 192 cm³/mol. The Morgan fingerprint density at radius 1 is 0.962 bits per heavy atom. The van der Waals surface area contributed by atoms with Crippen molar-refractivity contribution in [1.82, 2.24) is 19.4 Å². The number of nitrogens with one attached hydrogen (secondary N) is 3. The number of anilines is 2. The van der Waals surface area contributed by atoms with E-state index in [9.17, 15) is 32.4 Å². The normalized spacial score (nSPS) is 12.3. The second kappa shape index (κ2) is 15.5. The summed E-state index contributed by atoms with van der Waals surface area (Å²) in [6.45, 7) is 11.5. The van der Waals surface area contributed by atoms with E-state index >= 15 is 8.78 Å². The zero-order valence-electron chi connectivity index (χ0n) is 30.3. The number of carbonyl (C=O) groups is 3. The molecule has 4 aromatic rings. The summed E-state index contributed by atoms with van der Waals surface area (Å²) in [6.07, 6.45) is 0.454. The van der Waals surface area contributed by atoms with Crippen LogP contribution in [0.4, 0.5) is 20.2 Å². The van der Waals surface area contributed by atoms with Gasteiger partial charge in [0, 0.05) is 48.1 Å². The van der Waals surface area contributed by atoms with E-state index in [0.717, 1.165) is 4.57 Å². The molecular weight excluding hydrogens is 714 g/mol. The number of esters is 1. The van der Waals surface area contributed by atoms with Crippen molar-refractivity contribution in [3.8, 4) is 5.82 Å². The van der Waals surface area contributed by atoms with Crippen molar-refractivity contribution >= 4 is 39.2 Å². The fourth-order valence-electron chi connectivity index (χ4n) is 4.84. The summed E-state index contributed by atoms with van der Waals surface area (Å²) in [6, 6.07) is 7.41. The van der Waals surface area contributed by atoms with E-state index in [1.54, 1.807) is 48.5 Å². The molecule has 2 aromatic heterocycles. The van der Waals surface area contributed by atoms with Crippen molar-refractivity contribution in [1.29, 1.82) is 0 Å². The van der Waals surface area contributed by atoms with Crippen LogP contribution in [0.2, 0.25) is 0 Å². The lowest BCUT2D eigenvalue weighted by atomic mass is 9.95. The van der Waals surface area contributed by atoms with Gasteiger partial charge in [-0.15, -0.1) is 0 Å². The van der Waals surface area contributed by atoms with Crippen LogP contribution in [0.15, 0.2) is 69.2 Å². The van der Waals surface area contributed by atoms with E-state index in [4.69, 9.17) is 4.74 Å². The molecule has 0 aliphatic rings. The molecule has 2 amide bonds. The third kappa shape index (κ3) is 9.21. The molecule has 0 aliphatic heterocycles. The lowest BCUT2D eigenvalue weighted by molar-refractivity contribution is -0.149. The van der Waals surface area contributed by atoms with Crippen LogP contribution in [0.1, 0.15) is 61.8 Å². The molecule has 0 aliphatic carbocycles. The minimum absolute atomic E-state index is 0.0164. The summed E-state index contributed by atoms with van der Waals surface area (Å²) in [7, 11) is -2.93. The van der Waals surface area contributed by atoms with Crippen LogP contribution in [0.25, 0.3) is 5.82 Å². The highest BCUT2D eigenvalue weighted by Gasteiger charge is 2.28. The maximum absolute atomic E-state index is 15.3. The van der Waals surface area contributed by atoms with Gasteiger partial charge < -0.3 is 19.9 Å². The van der Waals surface area contributed by atoms with E-state index in [1.807, 2.05) is 4.72 Å². The van der Waals surface area contributed by atoms with Crippen molar-refractivity contribution in [2.75, 3.05) is 10.0 Å². The number of hydrogen-bond acceptors (Lipinski definition) is 9. The van der Waals surface area contributed by atoms with Gasteiger partial charge in [0.15, 0.2) is 0 Å². The van der Waals surface area contributed by atoms with Gasteiger partial charge in [-0.3, -0.25) is 19.1 Å².